The third kappa shape index (κ3) is 3.59. The average Bonchev–Trinajstić information content (AvgIpc) is 2.55. The minimum atomic E-state index is -2.30. The molecule has 128 valence electrons. The van der Waals surface area contributed by atoms with Crippen LogP contribution in [0.2, 0.25) is 5.02 Å². The summed E-state index contributed by atoms with van der Waals surface area (Å²) in [6.07, 6.45) is 0. The summed E-state index contributed by atoms with van der Waals surface area (Å²) in [6.45, 7) is 1.55. The third-order valence-electron chi connectivity index (χ3n) is 3.14. The number of urea groups is 1. The van der Waals surface area contributed by atoms with Crippen molar-refractivity contribution in [1.29, 1.82) is 0 Å². The van der Waals surface area contributed by atoms with E-state index in [1.165, 1.54) is 0 Å². The number of anilines is 1. The smallest absolute Gasteiger partial charge is 0.319 e. The maximum absolute atomic E-state index is 13.5. The lowest BCUT2D eigenvalue weighted by Crippen LogP contribution is -2.32. The van der Waals surface area contributed by atoms with E-state index in [4.69, 9.17) is 11.6 Å². The van der Waals surface area contributed by atoms with Crippen molar-refractivity contribution in [2.24, 2.45) is 0 Å². The minimum Gasteiger partial charge on any atom is -0.331 e. The van der Waals surface area contributed by atoms with Gasteiger partial charge in [-0.1, -0.05) is 23.7 Å². The van der Waals surface area contributed by atoms with Crippen LogP contribution in [0.25, 0.3) is 0 Å². The van der Waals surface area contributed by atoms with Gasteiger partial charge in [-0.05, 0) is 24.6 Å². The Morgan fingerprint density at radius 3 is 2.08 bits per heavy atom. The van der Waals surface area contributed by atoms with E-state index in [2.05, 4.69) is 5.32 Å². The van der Waals surface area contributed by atoms with Crippen molar-refractivity contribution < 1.29 is 26.7 Å². The van der Waals surface area contributed by atoms with Gasteiger partial charge in [-0.2, -0.15) is 0 Å². The molecule has 2 rings (SSSR count). The molecule has 3 nitrogen and oxygen atoms in total. The van der Waals surface area contributed by atoms with Gasteiger partial charge in [-0.3, -0.25) is 0 Å². The first-order chi connectivity index (χ1) is 11.2. The fraction of sp³-hybridized carbons (Fsp3) is 0.133. The predicted octanol–water partition coefficient (Wildman–Crippen LogP) is 4.92. The summed E-state index contributed by atoms with van der Waals surface area (Å²) < 4.78 is 66.1. The van der Waals surface area contributed by atoms with E-state index >= 15 is 0 Å². The lowest BCUT2D eigenvalue weighted by Gasteiger charge is -2.16. The summed E-state index contributed by atoms with van der Waals surface area (Å²) in [5, 5.41) is 4.33. The van der Waals surface area contributed by atoms with Gasteiger partial charge < -0.3 is 10.6 Å². The number of carbonyl (C=O) groups is 1. The van der Waals surface area contributed by atoms with Crippen molar-refractivity contribution in [3.05, 3.63) is 63.9 Å². The number of hydrogen-bond acceptors (Lipinski definition) is 1. The van der Waals surface area contributed by atoms with Crippen molar-refractivity contribution in [1.82, 2.24) is 5.32 Å². The second-order valence-electron chi connectivity index (χ2n) is 4.82. The summed E-state index contributed by atoms with van der Waals surface area (Å²) in [4.78, 5) is 11.8. The van der Waals surface area contributed by atoms with Gasteiger partial charge in [0, 0.05) is 5.02 Å². The largest absolute Gasteiger partial charge is 0.331 e. The van der Waals surface area contributed by atoms with Crippen LogP contribution in [0.15, 0.2) is 24.3 Å². The molecule has 0 unspecified atom stereocenters. The zero-order chi connectivity index (χ0) is 18.0. The molecule has 2 aromatic carbocycles. The number of rotatable bonds is 3. The molecule has 0 heterocycles. The van der Waals surface area contributed by atoms with Crippen LogP contribution in [0.4, 0.5) is 32.4 Å². The molecule has 9 heteroatoms. The molecule has 2 amide bonds. The van der Waals surface area contributed by atoms with Crippen LogP contribution in [0, 0.1) is 29.1 Å². The van der Waals surface area contributed by atoms with Gasteiger partial charge in [0.2, 0.25) is 5.82 Å². The molecule has 2 N–H and O–H groups in total. The van der Waals surface area contributed by atoms with E-state index in [0.717, 1.165) is 0 Å². The standard InChI is InChI=1S/C15H10ClF5N2O/c1-6(7-3-2-4-8(16)5-7)22-15(24)23-14-12(20)10(18)9(17)11(19)13(14)21/h2-6H,1H3,(H2,22,23,24)/t6-/m1/s1. The molecule has 0 spiro atoms. The average molecular weight is 365 g/mol. The minimum absolute atomic E-state index is 0.404. The molecule has 2 aromatic rings. The lowest BCUT2D eigenvalue weighted by molar-refractivity contribution is 0.249. The number of amides is 2. The first-order valence-electron chi connectivity index (χ1n) is 6.56. The van der Waals surface area contributed by atoms with Crippen molar-refractivity contribution in [2.75, 3.05) is 5.32 Å². The molecule has 0 fully saturated rings. The van der Waals surface area contributed by atoms with Crippen molar-refractivity contribution in [3.63, 3.8) is 0 Å². The van der Waals surface area contributed by atoms with E-state index in [1.807, 2.05) is 0 Å². The molecule has 1 atom stereocenters. The number of hydrogen-bond donors (Lipinski definition) is 2. The fourth-order valence-electron chi connectivity index (χ4n) is 1.92. The van der Waals surface area contributed by atoms with Crippen LogP contribution in [0.3, 0.4) is 0 Å². The molecule has 0 aliphatic heterocycles. The Labute approximate surface area is 138 Å². The number of nitrogens with one attached hydrogen (secondary N) is 2. The van der Waals surface area contributed by atoms with Gasteiger partial charge in [-0.15, -0.1) is 0 Å². The maximum Gasteiger partial charge on any atom is 0.319 e. The fourth-order valence-corrected chi connectivity index (χ4v) is 2.12. The maximum atomic E-state index is 13.5. The van der Waals surface area contributed by atoms with Gasteiger partial charge in [-0.25, -0.2) is 26.7 Å². The zero-order valence-corrected chi connectivity index (χ0v) is 12.8. The summed E-state index contributed by atoms with van der Waals surface area (Å²) in [7, 11) is 0. The van der Waals surface area contributed by atoms with Gasteiger partial charge in [0.05, 0.1) is 6.04 Å². The quantitative estimate of drug-likeness (QED) is 0.453. The van der Waals surface area contributed by atoms with E-state index in [9.17, 15) is 26.7 Å². The summed E-state index contributed by atoms with van der Waals surface area (Å²) in [6, 6.07) is 4.63. The van der Waals surface area contributed by atoms with Crippen LogP contribution in [-0.2, 0) is 0 Å². The predicted molar refractivity (Wildman–Crippen MR) is 78.3 cm³/mol. The molecular weight excluding hydrogens is 355 g/mol. The highest BCUT2D eigenvalue weighted by Gasteiger charge is 2.27. The van der Waals surface area contributed by atoms with E-state index < -0.39 is 46.8 Å². The SMILES string of the molecule is C[C@@H](NC(=O)Nc1c(F)c(F)c(F)c(F)c1F)c1cccc(Cl)c1. The van der Waals surface area contributed by atoms with Crippen LogP contribution in [0.1, 0.15) is 18.5 Å². The molecule has 0 aliphatic carbocycles. The summed E-state index contributed by atoms with van der Waals surface area (Å²) in [5.41, 5.74) is -0.850. The first-order valence-corrected chi connectivity index (χ1v) is 6.94. The molecule has 0 saturated carbocycles. The molecule has 0 saturated heterocycles. The number of carbonyl (C=O) groups excluding carboxylic acids is 1. The Bertz CT molecular complexity index is 771. The monoisotopic (exact) mass is 364 g/mol. The van der Waals surface area contributed by atoms with Crippen LogP contribution in [0.5, 0.6) is 0 Å². The number of benzene rings is 2. The molecule has 0 radical (unpaired) electrons. The topological polar surface area (TPSA) is 41.1 Å². The van der Waals surface area contributed by atoms with Crippen molar-refractivity contribution in [3.8, 4) is 0 Å². The van der Waals surface area contributed by atoms with Gasteiger partial charge in [0.1, 0.15) is 5.69 Å². The van der Waals surface area contributed by atoms with Crippen LogP contribution < -0.4 is 10.6 Å². The van der Waals surface area contributed by atoms with E-state index in [1.54, 1.807) is 36.5 Å². The third-order valence-corrected chi connectivity index (χ3v) is 3.38. The number of halogens is 6. The molecular formula is C15H10ClF5N2O. The summed E-state index contributed by atoms with van der Waals surface area (Å²) >= 11 is 5.80. The van der Waals surface area contributed by atoms with Gasteiger partial charge in [0.25, 0.3) is 0 Å². The van der Waals surface area contributed by atoms with E-state index in [0.29, 0.717) is 10.6 Å². The van der Waals surface area contributed by atoms with Crippen molar-refractivity contribution >= 4 is 23.3 Å². The highest BCUT2D eigenvalue weighted by Crippen LogP contribution is 2.27. The van der Waals surface area contributed by atoms with Crippen molar-refractivity contribution in [2.45, 2.75) is 13.0 Å². The normalized spacial score (nSPS) is 12.0. The highest BCUT2D eigenvalue weighted by atomic mass is 35.5. The molecule has 0 aliphatic rings. The van der Waals surface area contributed by atoms with Gasteiger partial charge >= 0.3 is 6.03 Å². The van der Waals surface area contributed by atoms with Gasteiger partial charge in [0.15, 0.2) is 23.3 Å². The molecule has 0 bridgehead atoms. The first kappa shape index (κ1) is 18.0. The highest BCUT2D eigenvalue weighted by molar-refractivity contribution is 6.30. The Hall–Kier alpha value is -2.35. The second-order valence-corrected chi connectivity index (χ2v) is 5.26. The van der Waals surface area contributed by atoms with Crippen LogP contribution in [-0.4, -0.2) is 6.03 Å². The lowest BCUT2D eigenvalue weighted by atomic mass is 10.1. The molecule has 0 aromatic heterocycles. The van der Waals surface area contributed by atoms with Crippen LogP contribution >= 0.6 is 11.6 Å². The van der Waals surface area contributed by atoms with E-state index in [-0.39, 0.29) is 0 Å². The Kier molecular flexibility index (Phi) is 5.28. The zero-order valence-electron chi connectivity index (χ0n) is 12.1. The second kappa shape index (κ2) is 7.04. The Balaban J connectivity index is 2.19. The Morgan fingerprint density at radius 1 is 1.00 bits per heavy atom. The Morgan fingerprint density at radius 2 is 1.54 bits per heavy atom. The summed E-state index contributed by atoms with van der Waals surface area (Å²) in [5.74, 6) is -10.9. The molecule has 24 heavy (non-hydrogen) atoms.